The number of carbonyl (C=O) groups excluding carboxylic acids is 1. The standard InChI is InChI=1S/C17H25ClN2O3/c1-14-4-5-15(18)13-16(14)23-10-2-3-17(21)19-6-7-20-8-11-22-12-9-20/h4-5,13H,2-3,6-12H2,1H3,(H,19,21). The van der Waals surface area contributed by atoms with Gasteiger partial charge in [-0.1, -0.05) is 17.7 Å². The number of aryl methyl sites for hydroxylation is 1. The fourth-order valence-corrected chi connectivity index (χ4v) is 2.57. The van der Waals surface area contributed by atoms with E-state index in [4.69, 9.17) is 21.1 Å². The normalized spacial score (nSPS) is 15.4. The third kappa shape index (κ3) is 6.77. The molecule has 1 N–H and O–H groups in total. The maximum Gasteiger partial charge on any atom is 0.220 e. The molecule has 1 heterocycles. The molecule has 1 aliphatic heterocycles. The van der Waals surface area contributed by atoms with E-state index in [1.807, 2.05) is 19.1 Å². The van der Waals surface area contributed by atoms with Crippen LogP contribution in [0, 0.1) is 6.92 Å². The Morgan fingerprint density at radius 1 is 1.39 bits per heavy atom. The first-order valence-electron chi connectivity index (χ1n) is 8.11. The number of nitrogens with one attached hydrogen (secondary N) is 1. The van der Waals surface area contributed by atoms with Gasteiger partial charge < -0.3 is 14.8 Å². The highest BCUT2D eigenvalue weighted by Gasteiger charge is 2.10. The Bertz CT molecular complexity index is 505. The highest BCUT2D eigenvalue weighted by Crippen LogP contribution is 2.22. The molecule has 128 valence electrons. The first kappa shape index (κ1) is 18.0. The van der Waals surface area contributed by atoms with Crippen molar-refractivity contribution in [3.63, 3.8) is 0 Å². The average Bonchev–Trinajstić information content (AvgIpc) is 2.55. The number of hydrogen-bond donors (Lipinski definition) is 1. The van der Waals surface area contributed by atoms with Gasteiger partial charge in [0.15, 0.2) is 0 Å². The fourth-order valence-electron chi connectivity index (χ4n) is 2.41. The minimum absolute atomic E-state index is 0.0738. The SMILES string of the molecule is Cc1ccc(Cl)cc1OCCCC(=O)NCCN1CCOCC1. The van der Waals surface area contributed by atoms with Gasteiger partial charge in [-0.25, -0.2) is 0 Å². The Morgan fingerprint density at radius 2 is 2.17 bits per heavy atom. The average molecular weight is 341 g/mol. The zero-order valence-corrected chi connectivity index (χ0v) is 14.4. The molecular weight excluding hydrogens is 316 g/mol. The predicted octanol–water partition coefficient (Wildman–Crippen LogP) is 2.26. The minimum atomic E-state index is 0.0738. The predicted molar refractivity (Wildman–Crippen MR) is 91.2 cm³/mol. The number of amides is 1. The van der Waals surface area contributed by atoms with Crippen LogP contribution in [0.2, 0.25) is 5.02 Å². The second-order valence-corrected chi connectivity index (χ2v) is 6.10. The van der Waals surface area contributed by atoms with Gasteiger partial charge in [0.25, 0.3) is 0 Å². The third-order valence-corrected chi connectivity index (χ3v) is 4.04. The second-order valence-electron chi connectivity index (χ2n) is 5.67. The highest BCUT2D eigenvalue weighted by molar-refractivity contribution is 6.30. The molecule has 23 heavy (non-hydrogen) atoms. The Hall–Kier alpha value is -1.30. The van der Waals surface area contributed by atoms with Crippen molar-refractivity contribution in [3.05, 3.63) is 28.8 Å². The molecule has 1 amide bonds. The Balaban J connectivity index is 1.55. The second kappa shape index (κ2) is 9.75. The molecule has 0 aliphatic carbocycles. The topological polar surface area (TPSA) is 50.8 Å². The van der Waals surface area contributed by atoms with E-state index in [-0.39, 0.29) is 5.91 Å². The van der Waals surface area contributed by atoms with E-state index in [9.17, 15) is 4.79 Å². The van der Waals surface area contributed by atoms with Crippen LogP contribution in [0.3, 0.4) is 0 Å². The number of rotatable bonds is 8. The van der Waals surface area contributed by atoms with Crippen LogP contribution in [0.1, 0.15) is 18.4 Å². The fraction of sp³-hybridized carbons (Fsp3) is 0.588. The quantitative estimate of drug-likeness (QED) is 0.737. The Morgan fingerprint density at radius 3 is 2.96 bits per heavy atom. The third-order valence-electron chi connectivity index (χ3n) is 3.81. The number of morpholine rings is 1. The van der Waals surface area contributed by atoms with Crippen LogP contribution in [0.15, 0.2) is 18.2 Å². The van der Waals surface area contributed by atoms with Gasteiger partial charge in [-0.15, -0.1) is 0 Å². The van der Waals surface area contributed by atoms with Crippen molar-refractivity contribution < 1.29 is 14.3 Å². The highest BCUT2D eigenvalue weighted by atomic mass is 35.5. The summed E-state index contributed by atoms with van der Waals surface area (Å²) < 4.78 is 11.0. The number of benzene rings is 1. The van der Waals surface area contributed by atoms with Gasteiger partial charge in [0, 0.05) is 37.6 Å². The summed E-state index contributed by atoms with van der Waals surface area (Å²) in [6.07, 6.45) is 1.16. The van der Waals surface area contributed by atoms with Gasteiger partial charge in [0.2, 0.25) is 5.91 Å². The van der Waals surface area contributed by atoms with Crippen molar-refractivity contribution >= 4 is 17.5 Å². The van der Waals surface area contributed by atoms with Crippen molar-refractivity contribution in [2.75, 3.05) is 46.0 Å². The van der Waals surface area contributed by atoms with Crippen molar-refractivity contribution in [2.24, 2.45) is 0 Å². The maximum absolute atomic E-state index is 11.8. The van der Waals surface area contributed by atoms with E-state index in [1.54, 1.807) is 6.07 Å². The molecule has 1 saturated heterocycles. The van der Waals surface area contributed by atoms with E-state index in [2.05, 4.69) is 10.2 Å². The molecule has 1 aromatic rings. The van der Waals surface area contributed by atoms with Crippen LogP contribution >= 0.6 is 11.6 Å². The molecule has 0 saturated carbocycles. The largest absolute Gasteiger partial charge is 0.493 e. The molecule has 1 fully saturated rings. The number of halogens is 1. The first-order chi connectivity index (χ1) is 11.1. The maximum atomic E-state index is 11.8. The van der Waals surface area contributed by atoms with Crippen LogP contribution in [0.4, 0.5) is 0 Å². The lowest BCUT2D eigenvalue weighted by Gasteiger charge is -2.26. The molecule has 0 atom stereocenters. The van der Waals surface area contributed by atoms with Crippen molar-refractivity contribution in [1.82, 2.24) is 10.2 Å². The molecule has 0 spiro atoms. The van der Waals surface area contributed by atoms with Crippen LogP contribution in [0.25, 0.3) is 0 Å². The van der Waals surface area contributed by atoms with Gasteiger partial charge in [0.1, 0.15) is 5.75 Å². The van der Waals surface area contributed by atoms with Gasteiger partial charge in [-0.3, -0.25) is 9.69 Å². The summed E-state index contributed by atoms with van der Waals surface area (Å²) in [6.45, 7) is 7.52. The summed E-state index contributed by atoms with van der Waals surface area (Å²) in [7, 11) is 0. The smallest absolute Gasteiger partial charge is 0.220 e. The molecule has 0 unspecified atom stereocenters. The lowest BCUT2D eigenvalue weighted by Crippen LogP contribution is -2.41. The molecule has 1 aliphatic rings. The molecule has 5 nitrogen and oxygen atoms in total. The summed E-state index contributed by atoms with van der Waals surface area (Å²) in [5, 5.41) is 3.61. The molecule has 2 rings (SSSR count). The van der Waals surface area contributed by atoms with Crippen molar-refractivity contribution in [3.8, 4) is 5.75 Å². The minimum Gasteiger partial charge on any atom is -0.493 e. The van der Waals surface area contributed by atoms with E-state index >= 15 is 0 Å². The monoisotopic (exact) mass is 340 g/mol. The molecule has 6 heteroatoms. The van der Waals surface area contributed by atoms with E-state index in [0.29, 0.717) is 31.0 Å². The first-order valence-corrected chi connectivity index (χ1v) is 8.49. The number of carbonyl (C=O) groups is 1. The van der Waals surface area contributed by atoms with Gasteiger partial charge in [-0.2, -0.15) is 0 Å². The van der Waals surface area contributed by atoms with Crippen LogP contribution in [-0.2, 0) is 9.53 Å². The van der Waals surface area contributed by atoms with Crippen molar-refractivity contribution in [2.45, 2.75) is 19.8 Å². The Kier molecular flexibility index (Phi) is 7.65. The van der Waals surface area contributed by atoms with E-state index in [1.165, 1.54) is 0 Å². The summed E-state index contributed by atoms with van der Waals surface area (Å²) in [6, 6.07) is 5.57. The van der Waals surface area contributed by atoms with Crippen LogP contribution in [0.5, 0.6) is 5.75 Å². The molecule has 0 radical (unpaired) electrons. The Labute approximate surface area is 142 Å². The molecular formula is C17H25ClN2O3. The summed E-state index contributed by atoms with van der Waals surface area (Å²) >= 11 is 5.95. The summed E-state index contributed by atoms with van der Waals surface area (Å²) in [5.41, 5.74) is 1.05. The summed E-state index contributed by atoms with van der Waals surface area (Å²) in [5.74, 6) is 0.856. The molecule has 1 aromatic carbocycles. The zero-order valence-electron chi connectivity index (χ0n) is 13.6. The van der Waals surface area contributed by atoms with Crippen LogP contribution in [-0.4, -0.2) is 56.8 Å². The van der Waals surface area contributed by atoms with Gasteiger partial charge >= 0.3 is 0 Å². The summed E-state index contributed by atoms with van der Waals surface area (Å²) in [4.78, 5) is 14.1. The van der Waals surface area contributed by atoms with Crippen molar-refractivity contribution in [1.29, 1.82) is 0 Å². The lowest BCUT2D eigenvalue weighted by molar-refractivity contribution is -0.121. The van der Waals surface area contributed by atoms with Gasteiger partial charge in [-0.05, 0) is 31.0 Å². The van der Waals surface area contributed by atoms with Gasteiger partial charge in [0.05, 0.1) is 19.8 Å². The number of hydrogen-bond acceptors (Lipinski definition) is 4. The van der Waals surface area contributed by atoms with E-state index < -0.39 is 0 Å². The van der Waals surface area contributed by atoms with Crippen LogP contribution < -0.4 is 10.1 Å². The number of nitrogens with zero attached hydrogens (tertiary/aromatic N) is 1. The molecule has 0 bridgehead atoms. The number of ether oxygens (including phenoxy) is 2. The zero-order chi connectivity index (χ0) is 16.5. The van der Waals surface area contributed by atoms with E-state index in [0.717, 1.165) is 44.2 Å². The molecule has 0 aromatic heterocycles. The lowest BCUT2D eigenvalue weighted by atomic mass is 10.2.